The fourth-order valence-corrected chi connectivity index (χ4v) is 3.55. The van der Waals surface area contributed by atoms with Crippen LogP contribution in [0.2, 0.25) is 0 Å². The van der Waals surface area contributed by atoms with E-state index in [-0.39, 0.29) is 16.7 Å². The second-order valence-electron chi connectivity index (χ2n) is 4.82. The van der Waals surface area contributed by atoms with Crippen molar-refractivity contribution in [3.63, 3.8) is 0 Å². The molecule has 1 N–H and O–H groups in total. The molecule has 1 unspecified atom stereocenters. The molecule has 0 saturated heterocycles. The van der Waals surface area contributed by atoms with Crippen molar-refractivity contribution >= 4 is 39.6 Å². The maximum absolute atomic E-state index is 10.7. The molecule has 1 aromatic carbocycles. The van der Waals surface area contributed by atoms with Gasteiger partial charge in [0.05, 0.1) is 7.81 Å². The maximum atomic E-state index is 10.7. The van der Waals surface area contributed by atoms with Crippen LogP contribution in [-0.2, 0) is 6.42 Å². The van der Waals surface area contributed by atoms with Crippen LogP contribution in [0.15, 0.2) is 35.7 Å². The van der Waals surface area contributed by atoms with Crippen molar-refractivity contribution in [1.29, 1.82) is 0 Å². The minimum Gasteiger partial charge on any atom is -0.310 e. The zero-order valence-corrected chi connectivity index (χ0v) is 14.7. The lowest BCUT2D eigenvalue weighted by molar-refractivity contribution is -0.384. The summed E-state index contributed by atoms with van der Waals surface area (Å²) in [5.74, 6) is 0. The molecular formula is C15H17IN2O2S. The van der Waals surface area contributed by atoms with E-state index in [1.165, 1.54) is 8.45 Å². The number of nitro groups is 1. The third kappa shape index (κ3) is 4.76. The molecule has 0 spiro atoms. The van der Waals surface area contributed by atoms with Gasteiger partial charge in [-0.1, -0.05) is 19.1 Å². The highest BCUT2D eigenvalue weighted by Gasteiger charge is 2.14. The summed E-state index contributed by atoms with van der Waals surface area (Å²) < 4.78 is 1.27. The van der Waals surface area contributed by atoms with Gasteiger partial charge in [-0.15, -0.1) is 11.3 Å². The number of thiophene rings is 1. The molecule has 6 heteroatoms. The van der Waals surface area contributed by atoms with Gasteiger partial charge in [-0.25, -0.2) is 0 Å². The first-order valence-electron chi connectivity index (χ1n) is 6.80. The molecule has 2 rings (SSSR count). The molecule has 0 bridgehead atoms. The lowest BCUT2D eigenvalue weighted by Crippen LogP contribution is -2.23. The molecule has 0 radical (unpaired) electrons. The average Bonchev–Trinajstić information content (AvgIpc) is 2.90. The third-order valence-electron chi connectivity index (χ3n) is 3.22. The molecule has 0 saturated carbocycles. The molecule has 21 heavy (non-hydrogen) atoms. The van der Waals surface area contributed by atoms with Crippen molar-refractivity contribution in [3.05, 3.63) is 59.8 Å². The molecule has 112 valence electrons. The number of nitrogens with one attached hydrogen (secondary N) is 1. The molecule has 0 aliphatic carbocycles. The minimum absolute atomic E-state index is 0.141. The van der Waals surface area contributed by atoms with Crippen LogP contribution < -0.4 is 5.32 Å². The monoisotopic (exact) mass is 416 g/mol. The normalized spacial score (nSPS) is 12.3. The van der Waals surface area contributed by atoms with Crippen LogP contribution in [0.25, 0.3) is 0 Å². The summed E-state index contributed by atoms with van der Waals surface area (Å²) in [6.45, 7) is 3.11. The Morgan fingerprint density at radius 1 is 1.38 bits per heavy atom. The summed E-state index contributed by atoms with van der Waals surface area (Å²) in [5.41, 5.74) is 2.54. The zero-order valence-electron chi connectivity index (χ0n) is 11.7. The van der Waals surface area contributed by atoms with Gasteiger partial charge >= 0.3 is 0 Å². The first-order chi connectivity index (χ1) is 10.1. The Kier molecular flexibility index (Phi) is 6.13. The molecule has 2 aromatic rings. The summed E-state index contributed by atoms with van der Waals surface area (Å²) >= 11 is 4.07. The van der Waals surface area contributed by atoms with Crippen molar-refractivity contribution in [1.82, 2.24) is 5.32 Å². The van der Waals surface area contributed by atoms with Crippen LogP contribution in [0, 0.1) is 13.0 Å². The van der Waals surface area contributed by atoms with Gasteiger partial charge in [-0.2, -0.15) is 0 Å². The summed E-state index contributed by atoms with van der Waals surface area (Å²) in [4.78, 5) is 10.3. The average molecular weight is 416 g/mol. The lowest BCUT2D eigenvalue weighted by Gasteiger charge is -2.17. The van der Waals surface area contributed by atoms with E-state index in [4.69, 9.17) is 0 Å². The summed E-state index contributed by atoms with van der Waals surface area (Å²) in [5, 5.41) is 16.4. The Hall–Kier alpha value is -0.990. The van der Waals surface area contributed by atoms with Crippen molar-refractivity contribution in [2.24, 2.45) is 0 Å². The highest BCUT2D eigenvalue weighted by molar-refractivity contribution is 14.1. The highest BCUT2D eigenvalue weighted by Crippen LogP contribution is 2.25. The molecule has 0 aliphatic rings. The molecule has 0 aliphatic heterocycles. The molecular weight excluding hydrogens is 399 g/mol. The van der Waals surface area contributed by atoms with Gasteiger partial charge in [0.2, 0.25) is 0 Å². The van der Waals surface area contributed by atoms with Gasteiger partial charge in [0, 0.05) is 18.2 Å². The van der Waals surface area contributed by atoms with Crippen molar-refractivity contribution in [2.75, 3.05) is 6.54 Å². The smallest absolute Gasteiger partial charge is 0.269 e. The standard InChI is InChI=1S/C15H17IN2O2S/c1-2-7-17-14(12-9-15(16)21-10-12)8-11-3-5-13(6-4-11)18(19)20/h3-6,9-10,14,17H,2,7-8H2,1H3. The van der Waals surface area contributed by atoms with Gasteiger partial charge in [-0.05, 0) is 64.6 Å². The number of benzene rings is 1. The molecule has 1 atom stereocenters. The maximum Gasteiger partial charge on any atom is 0.269 e. The number of hydrogen-bond donors (Lipinski definition) is 1. The molecule has 0 amide bonds. The van der Waals surface area contributed by atoms with Crippen LogP contribution in [0.5, 0.6) is 0 Å². The van der Waals surface area contributed by atoms with Crippen LogP contribution in [0.3, 0.4) is 0 Å². The minimum atomic E-state index is -0.363. The fraction of sp³-hybridized carbons (Fsp3) is 0.333. The van der Waals surface area contributed by atoms with Crippen molar-refractivity contribution < 1.29 is 4.92 Å². The third-order valence-corrected chi connectivity index (χ3v) is 5.03. The van der Waals surface area contributed by atoms with E-state index in [9.17, 15) is 10.1 Å². The number of nitrogens with zero attached hydrogens (tertiary/aromatic N) is 1. The Labute approximate surface area is 141 Å². The van der Waals surface area contributed by atoms with Crippen LogP contribution in [-0.4, -0.2) is 11.5 Å². The number of halogens is 1. The summed E-state index contributed by atoms with van der Waals surface area (Å²) in [6, 6.07) is 9.29. The first kappa shape index (κ1) is 16.4. The van der Waals surface area contributed by atoms with E-state index >= 15 is 0 Å². The number of hydrogen-bond acceptors (Lipinski definition) is 4. The van der Waals surface area contributed by atoms with E-state index in [0.29, 0.717) is 0 Å². The predicted octanol–water partition coefficient (Wildman–Crippen LogP) is 4.54. The van der Waals surface area contributed by atoms with Crippen molar-refractivity contribution in [3.8, 4) is 0 Å². The first-order valence-corrected chi connectivity index (χ1v) is 8.76. The quantitative estimate of drug-likeness (QED) is 0.410. The highest BCUT2D eigenvalue weighted by atomic mass is 127. The zero-order chi connectivity index (χ0) is 15.2. The van der Waals surface area contributed by atoms with Gasteiger partial charge in [0.1, 0.15) is 0 Å². The van der Waals surface area contributed by atoms with E-state index in [0.717, 1.165) is 24.9 Å². The lowest BCUT2D eigenvalue weighted by atomic mass is 10.0. The Bertz CT molecular complexity index is 598. The topological polar surface area (TPSA) is 55.2 Å². The Morgan fingerprint density at radius 3 is 2.62 bits per heavy atom. The summed E-state index contributed by atoms with van der Waals surface area (Å²) in [6.07, 6.45) is 1.92. The van der Waals surface area contributed by atoms with Gasteiger partial charge in [0.15, 0.2) is 0 Å². The predicted molar refractivity (Wildman–Crippen MR) is 94.9 cm³/mol. The Balaban J connectivity index is 2.12. The fourth-order valence-electron chi connectivity index (χ4n) is 2.12. The largest absolute Gasteiger partial charge is 0.310 e. The molecule has 1 heterocycles. The second-order valence-corrected chi connectivity index (χ2v) is 7.62. The van der Waals surface area contributed by atoms with E-state index < -0.39 is 0 Å². The van der Waals surface area contributed by atoms with Crippen LogP contribution in [0.1, 0.15) is 30.5 Å². The van der Waals surface area contributed by atoms with Crippen molar-refractivity contribution in [2.45, 2.75) is 25.8 Å². The van der Waals surface area contributed by atoms with E-state index in [1.807, 2.05) is 12.1 Å². The van der Waals surface area contributed by atoms with E-state index in [2.05, 4.69) is 46.3 Å². The van der Waals surface area contributed by atoms with Gasteiger partial charge in [-0.3, -0.25) is 10.1 Å². The number of rotatable bonds is 7. The van der Waals surface area contributed by atoms with E-state index in [1.54, 1.807) is 23.5 Å². The second kappa shape index (κ2) is 7.86. The van der Waals surface area contributed by atoms with Crippen LogP contribution >= 0.6 is 33.9 Å². The summed E-state index contributed by atoms with van der Waals surface area (Å²) in [7, 11) is 0. The van der Waals surface area contributed by atoms with Gasteiger partial charge in [0.25, 0.3) is 5.69 Å². The van der Waals surface area contributed by atoms with Gasteiger partial charge < -0.3 is 5.32 Å². The van der Waals surface area contributed by atoms with Crippen LogP contribution in [0.4, 0.5) is 5.69 Å². The number of nitro benzene ring substituents is 1. The Morgan fingerprint density at radius 2 is 2.10 bits per heavy atom. The SMILES string of the molecule is CCCNC(Cc1ccc([N+](=O)[O-])cc1)c1csc(I)c1. The molecule has 1 aromatic heterocycles. The molecule has 0 fully saturated rings. The number of non-ortho nitro benzene ring substituents is 1. The molecule has 4 nitrogen and oxygen atoms in total.